The van der Waals surface area contributed by atoms with Crippen LogP contribution in [0.2, 0.25) is 0 Å². The summed E-state index contributed by atoms with van der Waals surface area (Å²) >= 11 is 0. The van der Waals surface area contributed by atoms with Gasteiger partial charge in [0, 0.05) is 12.4 Å². The first-order chi connectivity index (χ1) is 8.70. The number of carbonyl (C=O) groups is 1. The van der Waals surface area contributed by atoms with Crippen LogP contribution in [0.4, 0.5) is 0 Å². The van der Waals surface area contributed by atoms with Crippen molar-refractivity contribution in [3.8, 4) is 0 Å². The average Bonchev–Trinajstić information content (AvgIpc) is 2.88. The van der Waals surface area contributed by atoms with Crippen LogP contribution in [0.5, 0.6) is 0 Å². The van der Waals surface area contributed by atoms with Gasteiger partial charge < -0.3 is 15.5 Å². The fourth-order valence-corrected chi connectivity index (χ4v) is 1.61. The van der Waals surface area contributed by atoms with E-state index in [1.165, 1.54) is 0 Å². The molecule has 0 aliphatic rings. The van der Waals surface area contributed by atoms with E-state index < -0.39 is 0 Å². The van der Waals surface area contributed by atoms with Gasteiger partial charge >= 0.3 is 0 Å². The number of pyridine rings is 1. The number of nitrogens with one attached hydrogen (secondary N) is 1. The molecule has 0 saturated carbocycles. The van der Waals surface area contributed by atoms with Crippen molar-refractivity contribution in [3.05, 3.63) is 53.7 Å². The highest BCUT2D eigenvalue weighted by atomic mass is 16.4. The second-order valence-electron chi connectivity index (χ2n) is 3.95. The van der Waals surface area contributed by atoms with Crippen LogP contribution in [0.25, 0.3) is 0 Å². The lowest BCUT2D eigenvalue weighted by Gasteiger charge is -2.12. The van der Waals surface area contributed by atoms with Gasteiger partial charge in [0.2, 0.25) is 0 Å². The summed E-state index contributed by atoms with van der Waals surface area (Å²) in [5.74, 6) is 0.618. The number of rotatable bonds is 4. The summed E-state index contributed by atoms with van der Waals surface area (Å²) in [5.41, 5.74) is 6.41. The molecule has 3 N–H and O–H groups in total. The largest absolute Gasteiger partial charge is 0.455 e. The first-order valence-electron chi connectivity index (χ1n) is 5.70. The zero-order valence-corrected chi connectivity index (χ0v) is 10.1. The van der Waals surface area contributed by atoms with E-state index in [4.69, 9.17) is 10.2 Å². The summed E-state index contributed by atoms with van der Waals surface area (Å²) in [5, 5.41) is 2.85. The molecule has 0 bridgehead atoms. The Labute approximate surface area is 105 Å². The Balaban J connectivity index is 2.03. The van der Waals surface area contributed by atoms with Gasteiger partial charge in [-0.15, -0.1) is 0 Å². The lowest BCUT2D eigenvalue weighted by Crippen LogP contribution is -2.26. The molecule has 5 heteroatoms. The van der Waals surface area contributed by atoms with Crippen molar-refractivity contribution in [3.63, 3.8) is 0 Å². The molecule has 0 aliphatic heterocycles. The number of nitrogens with two attached hydrogens (primary N) is 1. The molecule has 18 heavy (non-hydrogen) atoms. The predicted octanol–water partition coefficient (Wildman–Crippen LogP) is 1.62. The third kappa shape index (κ3) is 2.75. The zero-order chi connectivity index (χ0) is 13.0. The Bertz CT molecular complexity index is 522. The van der Waals surface area contributed by atoms with E-state index in [0.717, 1.165) is 5.56 Å². The lowest BCUT2D eigenvalue weighted by molar-refractivity contribution is 0.0910. The molecular formula is C13H15N3O2. The molecule has 1 unspecified atom stereocenters. The van der Waals surface area contributed by atoms with Crippen LogP contribution >= 0.6 is 0 Å². The zero-order valence-electron chi connectivity index (χ0n) is 10.1. The molecule has 0 spiro atoms. The molecule has 0 aromatic carbocycles. The van der Waals surface area contributed by atoms with E-state index in [1.807, 2.05) is 19.1 Å². The first kappa shape index (κ1) is 12.3. The quantitative estimate of drug-likeness (QED) is 0.857. The van der Waals surface area contributed by atoms with Gasteiger partial charge in [-0.3, -0.25) is 9.78 Å². The Hall–Kier alpha value is -2.14. The van der Waals surface area contributed by atoms with Crippen molar-refractivity contribution in [1.29, 1.82) is 0 Å². The fourth-order valence-electron chi connectivity index (χ4n) is 1.61. The molecule has 1 amide bonds. The van der Waals surface area contributed by atoms with Gasteiger partial charge in [-0.2, -0.15) is 0 Å². The standard InChI is InChI=1S/C13H15N3O2/c1-9(10-4-6-15-7-5-10)16-13(17)12-3-2-11(8-14)18-12/h2-7,9H,8,14H2,1H3,(H,16,17). The minimum Gasteiger partial charge on any atom is -0.455 e. The van der Waals surface area contributed by atoms with Crippen molar-refractivity contribution >= 4 is 5.91 Å². The summed E-state index contributed by atoms with van der Waals surface area (Å²) in [6.45, 7) is 2.19. The summed E-state index contributed by atoms with van der Waals surface area (Å²) in [4.78, 5) is 15.8. The van der Waals surface area contributed by atoms with E-state index in [9.17, 15) is 4.79 Å². The van der Waals surface area contributed by atoms with Crippen LogP contribution in [0.3, 0.4) is 0 Å². The summed E-state index contributed by atoms with van der Waals surface area (Å²) < 4.78 is 5.28. The second-order valence-corrected chi connectivity index (χ2v) is 3.95. The van der Waals surface area contributed by atoms with Gasteiger partial charge in [0.25, 0.3) is 5.91 Å². The highest BCUT2D eigenvalue weighted by Gasteiger charge is 2.14. The molecule has 2 rings (SSSR count). The maximum absolute atomic E-state index is 11.9. The smallest absolute Gasteiger partial charge is 0.287 e. The number of aromatic nitrogens is 1. The maximum atomic E-state index is 11.9. The fraction of sp³-hybridized carbons (Fsp3) is 0.231. The van der Waals surface area contributed by atoms with E-state index in [1.54, 1.807) is 24.5 Å². The monoisotopic (exact) mass is 245 g/mol. The number of hydrogen-bond donors (Lipinski definition) is 2. The molecular weight excluding hydrogens is 230 g/mol. The number of carbonyl (C=O) groups excluding carboxylic acids is 1. The van der Waals surface area contributed by atoms with E-state index >= 15 is 0 Å². The third-order valence-electron chi connectivity index (χ3n) is 2.64. The van der Waals surface area contributed by atoms with Gasteiger partial charge in [0.15, 0.2) is 5.76 Å². The van der Waals surface area contributed by atoms with Crippen LogP contribution < -0.4 is 11.1 Å². The average molecular weight is 245 g/mol. The van der Waals surface area contributed by atoms with Crippen molar-refractivity contribution < 1.29 is 9.21 Å². The lowest BCUT2D eigenvalue weighted by atomic mass is 10.1. The number of hydrogen-bond acceptors (Lipinski definition) is 4. The molecule has 2 aromatic heterocycles. The topological polar surface area (TPSA) is 81.2 Å². The van der Waals surface area contributed by atoms with Gasteiger partial charge in [-0.05, 0) is 36.8 Å². The van der Waals surface area contributed by atoms with Crippen molar-refractivity contribution in [1.82, 2.24) is 10.3 Å². The maximum Gasteiger partial charge on any atom is 0.287 e. The number of nitrogens with zero attached hydrogens (tertiary/aromatic N) is 1. The molecule has 5 nitrogen and oxygen atoms in total. The van der Waals surface area contributed by atoms with Crippen LogP contribution in [0, 0.1) is 0 Å². The molecule has 0 saturated heterocycles. The highest BCUT2D eigenvalue weighted by molar-refractivity contribution is 5.91. The van der Waals surface area contributed by atoms with Crippen LogP contribution in [0.15, 0.2) is 41.1 Å². The van der Waals surface area contributed by atoms with Gasteiger partial charge in [0.1, 0.15) is 5.76 Å². The Morgan fingerprint density at radius 2 is 2.11 bits per heavy atom. The molecule has 1 atom stereocenters. The van der Waals surface area contributed by atoms with E-state index in [2.05, 4.69) is 10.3 Å². The van der Waals surface area contributed by atoms with Gasteiger partial charge in [0.05, 0.1) is 12.6 Å². The molecule has 0 radical (unpaired) electrons. The van der Waals surface area contributed by atoms with Crippen molar-refractivity contribution in [2.45, 2.75) is 19.5 Å². The van der Waals surface area contributed by atoms with Crippen LogP contribution in [0.1, 0.15) is 34.8 Å². The first-order valence-corrected chi connectivity index (χ1v) is 5.70. The molecule has 2 aromatic rings. The molecule has 94 valence electrons. The Morgan fingerprint density at radius 1 is 1.39 bits per heavy atom. The highest BCUT2D eigenvalue weighted by Crippen LogP contribution is 2.13. The van der Waals surface area contributed by atoms with Crippen molar-refractivity contribution in [2.75, 3.05) is 0 Å². The third-order valence-corrected chi connectivity index (χ3v) is 2.64. The molecule has 0 fully saturated rings. The van der Waals surface area contributed by atoms with Crippen molar-refractivity contribution in [2.24, 2.45) is 5.73 Å². The minimum atomic E-state index is -0.251. The predicted molar refractivity (Wildman–Crippen MR) is 66.7 cm³/mol. The number of amides is 1. The second kappa shape index (κ2) is 5.46. The van der Waals surface area contributed by atoms with Crippen LogP contribution in [-0.2, 0) is 6.54 Å². The molecule has 0 aliphatic carbocycles. The minimum absolute atomic E-state index is 0.105. The van der Waals surface area contributed by atoms with Crippen LogP contribution in [-0.4, -0.2) is 10.9 Å². The Morgan fingerprint density at radius 3 is 2.72 bits per heavy atom. The van der Waals surface area contributed by atoms with E-state index in [-0.39, 0.29) is 24.3 Å². The summed E-state index contributed by atoms with van der Waals surface area (Å²) in [6.07, 6.45) is 3.38. The molecule has 2 heterocycles. The summed E-state index contributed by atoms with van der Waals surface area (Å²) in [7, 11) is 0. The normalized spacial score (nSPS) is 12.1. The SMILES string of the molecule is CC(NC(=O)c1ccc(CN)o1)c1ccncc1. The van der Waals surface area contributed by atoms with Gasteiger partial charge in [-0.1, -0.05) is 0 Å². The van der Waals surface area contributed by atoms with Gasteiger partial charge in [-0.25, -0.2) is 0 Å². The Kier molecular flexibility index (Phi) is 3.74. The number of furan rings is 1. The summed E-state index contributed by atoms with van der Waals surface area (Å²) in [6, 6.07) is 6.94. The van der Waals surface area contributed by atoms with E-state index in [0.29, 0.717) is 5.76 Å².